The van der Waals surface area contributed by atoms with Crippen molar-refractivity contribution in [3.8, 4) is 11.1 Å². The lowest BCUT2D eigenvalue weighted by Crippen LogP contribution is -2.61. The summed E-state index contributed by atoms with van der Waals surface area (Å²) in [6.45, 7) is 5.05. The molecule has 0 atom stereocenters. The van der Waals surface area contributed by atoms with Gasteiger partial charge in [-0.3, -0.25) is 0 Å². The van der Waals surface area contributed by atoms with Gasteiger partial charge in [-0.25, -0.2) is 0 Å². The SMILES string of the molecule is CCCCCCCCCCCC[Si]1(C[Si](C)(Cc2ccccc2)Cc2ccccc2)c2ccccc2-c2ccccc21. The van der Waals surface area contributed by atoms with Crippen molar-refractivity contribution in [2.45, 2.75) is 101 Å². The van der Waals surface area contributed by atoms with Gasteiger partial charge in [0.15, 0.2) is 0 Å². The molecule has 0 N–H and O–H groups in total. The molecular weight excluding hydrogens is 537 g/mol. The van der Waals surface area contributed by atoms with E-state index in [0.29, 0.717) is 0 Å². The number of fused-ring (bicyclic) bond motifs is 3. The lowest BCUT2D eigenvalue weighted by Gasteiger charge is -2.39. The van der Waals surface area contributed by atoms with E-state index >= 15 is 0 Å². The summed E-state index contributed by atoms with van der Waals surface area (Å²) in [5, 5.41) is 3.48. The Morgan fingerprint density at radius 1 is 0.476 bits per heavy atom. The van der Waals surface area contributed by atoms with Gasteiger partial charge in [0.05, 0.1) is 8.07 Å². The summed E-state index contributed by atoms with van der Waals surface area (Å²) in [7, 11) is -3.69. The molecular formula is C40H52Si2. The van der Waals surface area contributed by atoms with Crippen LogP contribution in [-0.4, -0.2) is 16.1 Å². The molecule has 4 aromatic carbocycles. The Balaban J connectivity index is 1.41. The largest absolute Gasteiger partial charge is 0.117 e. The first-order valence-electron chi connectivity index (χ1n) is 16.9. The fourth-order valence-electron chi connectivity index (χ4n) is 7.97. The van der Waals surface area contributed by atoms with E-state index in [1.165, 1.54) is 99.1 Å². The molecule has 0 fully saturated rings. The van der Waals surface area contributed by atoms with E-state index in [1.54, 1.807) is 21.5 Å². The number of hydrogen-bond donors (Lipinski definition) is 0. The van der Waals surface area contributed by atoms with Crippen LogP contribution in [0, 0.1) is 0 Å². The Morgan fingerprint density at radius 3 is 1.36 bits per heavy atom. The number of unbranched alkanes of at least 4 members (excludes halogenated alkanes) is 9. The Kier molecular flexibility index (Phi) is 11.1. The van der Waals surface area contributed by atoms with Crippen LogP contribution in [0.5, 0.6) is 0 Å². The summed E-state index contributed by atoms with van der Waals surface area (Å²) in [5.74, 6) is 0. The van der Waals surface area contributed by atoms with Crippen molar-refractivity contribution >= 4 is 26.5 Å². The second-order valence-corrected chi connectivity index (χ2v) is 22.9. The normalized spacial score (nSPS) is 13.6. The van der Waals surface area contributed by atoms with Crippen molar-refractivity contribution in [1.29, 1.82) is 0 Å². The Hall–Kier alpha value is -2.69. The topological polar surface area (TPSA) is 0 Å². The fourth-order valence-corrected chi connectivity index (χ4v) is 23.6. The predicted octanol–water partition coefficient (Wildman–Crippen LogP) is 10.3. The molecule has 0 spiro atoms. The lowest BCUT2D eigenvalue weighted by molar-refractivity contribution is 0.562. The first-order chi connectivity index (χ1) is 20.6. The second kappa shape index (κ2) is 15.2. The van der Waals surface area contributed by atoms with Crippen LogP contribution in [0.25, 0.3) is 11.1 Å². The number of rotatable bonds is 17. The molecule has 0 amide bonds. The van der Waals surface area contributed by atoms with E-state index in [2.05, 4.69) is 123 Å². The standard InChI is InChI=1S/C40H52Si2/c1-3-4-5-6-7-8-9-10-11-22-31-42(39-29-20-18-27-37(39)38-28-19-21-30-40(38)42)34-41(2,32-35-23-14-12-15-24-35)33-36-25-16-13-17-26-36/h12-21,23-30H,3-11,22,31-34H2,1-2H3. The van der Waals surface area contributed by atoms with Crippen LogP contribution in [0.2, 0.25) is 18.3 Å². The van der Waals surface area contributed by atoms with E-state index < -0.39 is 16.1 Å². The van der Waals surface area contributed by atoms with Gasteiger partial charge < -0.3 is 0 Å². The zero-order chi connectivity index (χ0) is 29.1. The van der Waals surface area contributed by atoms with Crippen molar-refractivity contribution in [3.63, 3.8) is 0 Å². The van der Waals surface area contributed by atoms with Gasteiger partial charge in [0.1, 0.15) is 8.07 Å². The summed E-state index contributed by atoms with van der Waals surface area (Å²) in [4.78, 5) is 0. The summed E-state index contributed by atoms with van der Waals surface area (Å²) >= 11 is 0. The van der Waals surface area contributed by atoms with Crippen molar-refractivity contribution in [2.75, 3.05) is 0 Å². The van der Waals surface area contributed by atoms with Crippen molar-refractivity contribution in [1.82, 2.24) is 0 Å². The molecule has 0 saturated carbocycles. The highest BCUT2D eigenvalue weighted by atomic mass is 28.4. The summed E-state index contributed by atoms with van der Waals surface area (Å²) in [6.07, 6.45) is 14.1. The molecule has 1 aliphatic heterocycles. The highest BCUT2D eigenvalue weighted by Crippen LogP contribution is 2.38. The average Bonchev–Trinajstić information content (AvgIpc) is 3.28. The van der Waals surface area contributed by atoms with E-state index in [-0.39, 0.29) is 0 Å². The molecule has 5 rings (SSSR count). The van der Waals surface area contributed by atoms with Crippen LogP contribution in [-0.2, 0) is 12.1 Å². The van der Waals surface area contributed by atoms with Crippen LogP contribution in [0.15, 0.2) is 109 Å². The molecule has 1 aliphatic rings. The highest BCUT2D eigenvalue weighted by Gasteiger charge is 2.49. The second-order valence-electron chi connectivity index (χ2n) is 13.4. The Morgan fingerprint density at radius 2 is 0.881 bits per heavy atom. The van der Waals surface area contributed by atoms with Crippen LogP contribution >= 0.6 is 0 Å². The van der Waals surface area contributed by atoms with Gasteiger partial charge in [-0.2, -0.15) is 0 Å². The number of hydrogen-bond acceptors (Lipinski definition) is 0. The van der Waals surface area contributed by atoms with Gasteiger partial charge in [-0.15, -0.1) is 0 Å². The first-order valence-corrected chi connectivity index (χ1v) is 22.4. The third-order valence-electron chi connectivity index (χ3n) is 9.81. The molecule has 0 aliphatic carbocycles. The van der Waals surface area contributed by atoms with Gasteiger partial charge in [0.2, 0.25) is 0 Å². The van der Waals surface area contributed by atoms with E-state index in [4.69, 9.17) is 0 Å². The minimum Gasteiger partial charge on any atom is -0.0689 e. The molecule has 2 heteroatoms. The minimum absolute atomic E-state index is 1.26. The highest BCUT2D eigenvalue weighted by molar-refractivity contribution is 7.12. The Bertz CT molecular complexity index is 1270. The molecule has 0 radical (unpaired) electrons. The molecule has 0 nitrogen and oxygen atoms in total. The Labute approximate surface area is 258 Å². The molecule has 0 unspecified atom stereocenters. The number of benzene rings is 4. The third kappa shape index (κ3) is 7.63. The van der Waals surface area contributed by atoms with Crippen molar-refractivity contribution < 1.29 is 0 Å². The van der Waals surface area contributed by atoms with Crippen LogP contribution in [0.1, 0.15) is 82.3 Å². The first kappa shape index (κ1) is 30.8. The van der Waals surface area contributed by atoms with Gasteiger partial charge >= 0.3 is 0 Å². The average molecular weight is 589 g/mol. The summed E-state index contributed by atoms with van der Waals surface area (Å²) in [5.41, 5.74) is 7.59. The van der Waals surface area contributed by atoms with Crippen LogP contribution in [0.3, 0.4) is 0 Å². The lowest BCUT2D eigenvalue weighted by atomic mass is 10.1. The molecule has 0 saturated heterocycles. The maximum Gasteiger partial charge on any atom is 0.117 e. The monoisotopic (exact) mass is 588 g/mol. The van der Waals surface area contributed by atoms with E-state index in [0.717, 1.165) is 0 Å². The molecule has 1 heterocycles. The predicted molar refractivity (Wildman–Crippen MR) is 190 cm³/mol. The maximum atomic E-state index is 2.74. The zero-order valence-electron chi connectivity index (χ0n) is 26.3. The van der Waals surface area contributed by atoms with Crippen molar-refractivity contribution in [3.05, 3.63) is 120 Å². The minimum atomic E-state index is -1.95. The molecule has 220 valence electrons. The van der Waals surface area contributed by atoms with Crippen LogP contribution < -0.4 is 10.4 Å². The van der Waals surface area contributed by atoms with Crippen LogP contribution in [0.4, 0.5) is 0 Å². The maximum absolute atomic E-state index is 2.74. The van der Waals surface area contributed by atoms with Crippen molar-refractivity contribution in [2.24, 2.45) is 0 Å². The van der Waals surface area contributed by atoms with Gasteiger partial charge in [-0.1, -0.05) is 204 Å². The third-order valence-corrected chi connectivity index (χ3v) is 22.3. The van der Waals surface area contributed by atoms with Gasteiger partial charge in [0.25, 0.3) is 0 Å². The zero-order valence-corrected chi connectivity index (χ0v) is 28.3. The fraction of sp³-hybridized carbons (Fsp3) is 0.400. The molecule has 0 bridgehead atoms. The molecule has 0 aromatic heterocycles. The quantitative estimate of drug-likeness (QED) is 0.0850. The summed E-state index contributed by atoms with van der Waals surface area (Å²) < 4.78 is 0. The molecule has 4 aromatic rings. The van der Waals surface area contributed by atoms with Gasteiger partial charge in [-0.05, 0) is 39.6 Å². The smallest absolute Gasteiger partial charge is 0.0689 e. The summed E-state index contributed by atoms with van der Waals surface area (Å²) in [6, 6.07) is 45.9. The van der Waals surface area contributed by atoms with E-state index in [9.17, 15) is 0 Å². The van der Waals surface area contributed by atoms with E-state index in [1.807, 2.05) is 0 Å². The molecule has 42 heavy (non-hydrogen) atoms. The van der Waals surface area contributed by atoms with Gasteiger partial charge in [0, 0.05) is 0 Å².